The highest BCUT2D eigenvalue weighted by molar-refractivity contribution is 7.10. The Morgan fingerprint density at radius 1 is 1.50 bits per heavy atom. The van der Waals surface area contributed by atoms with Gasteiger partial charge in [0.25, 0.3) is 0 Å². The number of aryl methyl sites for hydroxylation is 1. The van der Waals surface area contributed by atoms with Crippen LogP contribution in [0.1, 0.15) is 34.0 Å². The third kappa shape index (κ3) is 1.56. The molecule has 0 spiro atoms. The minimum absolute atomic E-state index is 0.493. The van der Waals surface area contributed by atoms with Crippen LogP contribution < -0.4 is 5.73 Å². The molecule has 1 atom stereocenters. The molecule has 2 aromatic heterocycles. The van der Waals surface area contributed by atoms with Crippen LogP contribution in [0, 0.1) is 0 Å². The van der Waals surface area contributed by atoms with E-state index in [4.69, 9.17) is 5.73 Å². The number of nitrogens with zero attached hydrogens (tertiary/aromatic N) is 1. The number of thiophene rings is 1. The van der Waals surface area contributed by atoms with Gasteiger partial charge in [0.15, 0.2) is 0 Å². The molecule has 1 aliphatic carbocycles. The molecule has 82 valence electrons. The van der Waals surface area contributed by atoms with Crippen LogP contribution in [-0.4, -0.2) is 4.98 Å². The van der Waals surface area contributed by atoms with Gasteiger partial charge in [-0.1, -0.05) is 6.07 Å². The van der Waals surface area contributed by atoms with E-state index in [9.17, 15) is 0 Å². The van der Waals surface area contributed by atoms with Crippen LogP contribution in [0.15, 0.2) is 29.8 Å². The molecule has 0 aromatic carbocycles. The second-order valence-electron chi connectivity index (χ2n) is 4.19. The molecule has 0 amide bonds. The van der Waals surface area contributed by atoms with Gasteiger partial charge in [0.1, 0.15) is 0 Å². The van der Waals surface area contributed by atoms with Gasteiger partial charge in [0.2, 0.25) is 0 Å². The molecule has 2 heterocycles. The summed E-state index contributed by atoms with van der Waals surface area (Å²) in [4.78, 5) is 5.79. The monoisotopic (exact) mass is 230 g/mol. The Bertz CT molecular complexity index is 504. The number of aromatic nitrogens is 1. The van der Waals surface area contributed by atoms with Crippen molar-refractivity contribution in [3.8, 4) is 0 Å². The highest BCUT2D eigenvalue weighted by Gasteiger charge is 2.25. The molecular formula is C13H14N2S. The van der Waals surface area contributed by atoms with Gasteiger partial charge >= 0.3 is 0 Å². The van der Waals surface area contributed by atoms with Crippen LogP contribution in [0.5, 0.6) is 0 Å². The standard InChI is InChI=1S/C13H14N2S/c14-7-11-6-10(8-16-11)12-4-3-9-2-1-5-15-13(9)12/h1-2,5-6,8,12H,3-4,7,14H2. The molecular weight excluding hydrogens is 216 g/mol. The lowest BCUT2D eigenvalue weighted by molar-refractivity contribution is 0.774. The Kier molecular flexibility index (Phi) is 2.50. The number of pyridine rings is 1. The van der Waals surface area contributed by atoms with E-state index in [0.29, 0.717) is 12.5 Å². The summed E-state index contributed by atoms with van der Waals surface area (Å²) in [6.07, 6.45) is 4.24. The van der Waals surface area contributed by atoms with E-state index in [1.165, 1.54) is 28.1 Å². The first kappa shape index (κ1) is 10.00. The summed E-state index contributed by atoms with van der Waals surface area (Å²) in [5, 5.41) is 2.23. The zero-order chi connectivity index (χ0) is 11.0. The summed E-state index contributed by atoms with van der Waals surface area (Å²) in [7, 11) is 0. The van der Waals surface area contributed by atoms with E-state index in [1.807, 2.05) is 12.3 Å². The van der Waals surface area contributed by atoms with Gasteiger partial charge in [-0.3, -0.25) is 4.98 Å². The van der Waals surface area contributed by atoms with Gasteiger partial charge in [0.05, 0.1) is 5.69 Å². The molecule has 0 fully saturated rings. The lowest BCUT2D eigenvalue weighted by Crippen LogP contribution is -1.97. The Morgan fingerprint density at radius 2 is 2.44 bits per heavy atom. The van der Waals surface area contributed by atoms with Crippen molar-refractivity contribution in [2.75, 3.05) is 0 Å². The van der Waals surface area contributed by atoms with Crippen molar-refractivity contribution in [2.45, 2.75) is 25.3 Å². The SMILES string of the molecule is NCc1cc(C2CCc3cccnc32)cs1. The van der Waals surface area contributed by atoms with Crippen LogP contribution in [-0.2, 0) is 13.0 Å². The topological polar surface area (TPSA) is 38.9 Å². The molecule has 1 unspecified atom stereocenters. The third-order valence-corrected chi connectivity index (χ3v) is 4.21. The Labute approximate surface area is 99.1 Å². The maximum Gasteiger partial charge on any atom is 0.0510 e. The van der Waals surface area contributed by atoms with Crippen molar-refractivity contribution >= 4 is 11.3 Å². The van der Waals surface area contributed by atoms with Gasteiger partial charge in [-0.05, 0) is 41.5 Å². The van der Waals surface area contributed by atoms with Gasteiger partial charge in [-0.15, -0.1) is 11.3 Å². The third-order valence-electron chi connectivity index (χ3n) is 3.24. The Hall–Kier alpha value is -1.19. The largest absolute Gasteiger partial charge is 0.326 e. The normalized spacial score (nSPS) is 18.7. The summed E-state index contributed by atoms with van der Waals surface area (Å²) in [5.41, 5.74) is 9.72. The maximum absolute atomic E-state index is 5.65. The lowest BCUT2D eigenvalue weighted by Gasteiger charge is -2.07. The molecule has 0 radical (unpaired) electrons. The summed E-state index contributed by atoms with van der Waals surface area (Å²) < 4.78 is 0. The van der Waals surface area contributed by atoms with Crippen molar-refractivity contribution in [1.82, 2.24) is 4.98 Å². The highest BCUT2D eigenvalue weighted by atomic mass is 32.1. The quantitative estimate of drug-likeness (QED) is 0.861. The molecule has 0 saturated heterocycles. The summed E-state index contributed by atoms with van der Waals surface area (Å²) in [6, 6.07) is 6.46. The van der Waals surface area contributed by atoms with E-state index in [0.717, 1.165) is 6.42 Å². The number of hydrogen-bond acceptors (Lipinski definition) is 3. The van der Waals surface area contributed by atoms with Crippen LogP contribution in [0.4, 0.5) is 0 Å². The lowest BCUT2D eigenvalue weighted by atomic mass is 9.99. The number of rotatable bonds is 2. The molecule has 3 heteroatoms. The minimum atomic E-state index is 0.493. The second-order valence-corrected chi connectivity index (χ2v) is 5.19. The summed E-state index contributed by atoms with van der Waals surface area (Å²) in [6.45, 7) is 0.645. The molecule has 2 N–H and O–H groups in total. The van der Waals surface area contributed by atoms with Crippen molar-refractivity contribution in [2.24, 2.45) is 5.73 Å². The van der Waals surface area contributed by atoms with Crippen molar-refractivity contribution in [3.63, 3.8) is 0 Å². The molecule has 0 saturated carbocycles. The Morgan fingerprint density at radius 3 is 3.25 bits per heavy atom. The molecule has 2 aromatic rings. The fourth-order valence-corrected chi connectivity index (χ4v) is 3.24. The van der Waals surface area contributed by atoms with Gasteiger partial charge in [-0.25, -0.2) is 0 Å². The van der Waals surface area contributed by atoms with Crippen LogP contribution >= 0.6 is 11.3 Å². The second kappa shape index (κ2) is 4.00. The smallest absolute Gasteiger partial charge is 0.0510 e. The average molecular weight is 230 g/mol. The van der Waals surface area contributed by atoms with Crippen LogP contribution in [0.2, 0.25) is 0 Å². The maximum atomic E-state index is 5.65. The van der Waals surface area contributed by atoms with Gasteiger partial charge < -0.3 is 5.73 Å². The first-order valence-electron chi connectivity index (χ1n) is 5.59. The first-order valence-corrected chi connectivity index (χ1v) is 6.47. The predicted molar refractivity (Wildman–Crippen MR) is 66.6 cm³/mol. The molecule has 2 nitrogen and oxygen atoms in total. The number of nitrogens with two attached hydrogens (primary N) is 1. The summed E-state index contributed by atoms with van der Waals surface area (Å²) in [5.74, 6) is 0.493. The molecule has 1 aliphatic rings. The average Bonchev–Trinajstić information content (AvgIpc) is 2.94. The number of hydrogen-bond donors (Lipinski definition) is 1. The fourth-order valence-electron chi connectivity index (χ4n) is 2.42. The van der Waals surface area contributed by atoms with Crippen molar-refractivity contribution in [3.05, 3.63) is 51.5 Å². The Balaban J connectivity index is 1.98. The minimum Gasteiger partial charge on any atom is -0.326 e. The van der Waals surface area contributed by atoms with E-state index in [1.54, 1.807) is 11.3 Å². The molecule has 0 aliphatic heterocycles. The van der Waals surface area contributed by atoms with Crippen LogP contribution in [0.3, 0.4) is 0 Å². The molecule has 3 rings (SSSR count). The van der Waals surface area contributed by atoms with Gasteiger partial charge in [-0.2, -0.15) is 0 Å². The fraction of sp³-hybridized carbons (Fsp3) is 0.308. The van der Waals surface area contributed by atoms with Crippen LogP contribution in [0.25, 0.3) is 0 Å². The van der Waals surface area contributed by atoms with Crippen molar-refractivity contribution < 1.29 is 0 Å². The zero-order valence-corrected chi connectivity index (χ0v) is 9.83. The van der Waals surface area contributed by atoms with E-state index in [-0.39, 0.29) is 0 Å². The van der Waals surface area contributed by atoms with Crippen molar-refractivity contribution in [1.29, 1.82) is 0 Å². The number of fused-ring (bicyclic) bond motifs is 1. The van der Waals surface area contributed by atoms with E-state index >= 15 is 0 Å². The van der Waals surface area contributed by atoms with E-state index in [2.05, 4.69) is 22.5 Å². The van der Waals surface area contributed by atoms with Gasteiger partial charge in [0, 0.05) is 23.5 Å². The highest BCUT2D eigenvalue weighted by Crippen LogP contribution is 2.38. The van der Waals surface area contributed by atoms with E-state index < -0.39 is 0 Å². The molecule has 16 heavy (non-hydrogen) atoms. The zero-order valence-electron chi connectivity index (χ0n) is 9.02. The summed E-state index contributed by atoms with van der Waals surface area (Å²) >= 11 is 1.76. The predicted octanol–water partition coefficient (Wildman–Crippen LogP) is 2.68. The first-order chi connectivity index (χ1) is 7.88. The molecule has 0 bridgehead atoms.